The Balaban J connectivity index is 2.08. The highest BCUT2D eigenvalue weighted by molar-refractivity contribution is 7.91. The van der Waals surface area contributed by atoms with Gasteiger partial charge in [0.2, 0.25) is 5.91 Å². The third-order valence-corrected chi connectivity index (χ3v) is 5.87. The molecule has 2 aliphatic rings. The number of amides is 1. The summed E-state index contributed by atoms with van der Waals surface area (Å²) in [4.78, 5) is 12.3. The second kappa shape index (κ2) is 3.65. The molecule has 5 nitrogen and oxygen atoms in total. The molecular formula is C10H16N2O3S2. The van der Waals surface area contributed by atoms with Crippen molar-refractivity contribution in [3.8, 4) is 0 Å². The van der Waals surface area contributed by atoms with Gasteiger partial charge in [-0.2, -0.15) is 0 Å². The van der Waals surface area contributed by atoms with Gasteiger partial charge in [0.15, 0.2) is 9.84 Å². The highest BCUT2D eigenvalue weighted by atomic mass is 32.2. The zero-order chi connectivity index (χ0) is 12.9. The van der Waals surface area contributed by atoms with Gasteiger partial charge in [0.05, 0.1) is 27.4 Å². The molecule has 0 aromatic heterocycles. The fourth-order valence-electron chi connectivity index (χ4n) is 2.21. The lowest BCUT2D eigenvalue weighted by molar-refractivity contribution is -0.125. The Labute approximate surface area is 106 Å². The highest BCUT2D eigenvalue weighted by Gasteiger charge is 2.54. The first-order chi connectivity index (χ1) is 7.69. The van der Waals surface area contributed by atoms with E-state index in [-0.39, 0.29) is 22.4 Å². The Kier molecular flexibility index (Phi) is 2.74. The van der Waals surface area contributed by atoms with E-state index in [0.717, 1.165) is 0 Å². The molecule has 0 spiro atoms. The van der Waals surface area contributed by atoms with E-state index in [9.17, 15) is 13.2 Å². The number of carbonyl (C=O) groups is 1. The van der Waals surface area contributed by atoms with E-state index in [2.05, 4.69) is 5.32 Å². The molecule has 1 unspecified atom stereocenters. The SMILES string of the molecule is CC1(NC(=O)C2(C(N)=S)CC2)CCS(=O)(=O)C1. The van der Waals surface area contributed by atoms with Crippen molar-refractivity contribution in [3.05, 3.63) is 0 Å². The number of nitrogens with one attached hydrogen (secondary N) is 1. The number of rotatable bonds is 3. The summed E-state index contributed by atoms with van der Waals surface area (Å²) in [6.07, 6.45) is 1.78. The third kappa shape index (κ3) is 2.30. The zero-order valence-electron chi connectivity index (χ0n) is 9.65. The van der Waals surface area contributed by atoms with Gasteiger partial charge >= 0.3 is 0 Å². The summed E-state index contributed by atoms with van der Waals surface area (Å²) in [7, 11) is -3.02. The Morgan fingerprint density at radius 3 is 2.29 bits per heavy atom. The Morgan fingerprint density at radius 1 is 1.35 bits per heavy atom. The van der Waals surface area contributed by atoms with Crippen LogP contribution in [0.15, 0.2) is 0 Å². The van der Waals surface area contributed by atoms with E-state index >= 15 is 0 Å². The molecule has 0 radical (unpaired) electrons. The van der Waals surface area contributed by atoms with Crippen LogP contribution in [0.25, 0.3) is 0 Å². The predicted molar refractivity (Wildman–Crippen MR) is 68.3 cm³/mol. The molecule has 3 N–H and O–H groups in total. The van der Waals surface area contributed by atoms with E-state index in [1.54, 1.807) is 6.92 Å². The minimum absolute atomic E-state index is 0.000840. The Bertz CT molecular complexity index is 482. The Morgan fingerprint density at radius 2 is 1.94 bits per heavy atom. The number of thiocarbonyl (C=S) groups is 1. The molecule has 1 aliphatic carbocycles. The molecular weight excluding hydrogens is 260 g/mol. The van der Waals surface area contributed by atoms with Crippen LogP contribution in [0.1, 0.15) is 26.2 Å². The summed E-state index contributed by atoms with van der Waals surface area (Å²) in [5.74, 6) is -0.0900. The minimum atomic E-state index is -3.02. The van der Waals surface area contributed by atoms with Crippen LogP contribution in [0.5, 0.6) is 0 Å². The van der Waals surface area contributed by atoms with Gasteiger partial charge in [-0.25, -0.2) is 8.42 Å². The smallest absolute Gasteiger partial charge is 0.233 e. The number of hydrogen-bond donors (Lipinski definition) is 2. The first-order valence-electron chi connectivity index (χ1n) is 5.52. The molecule has 1 atom stereocenters. The largest absolute Gasteiger partial charge is 0.392 e. The number of carbonyl (C=O) groups excluding carboxylic acids is 1. The van der Waals surface area contributed by atoms with Crippen LogP contribution in [0.4, 0.5) is 0 Å². The van der Waals surface area contributed by atoms with E-state index < -0.39 is 20.8 Å². The van der Waals surface area contributed by atoms with Gasteiger partial charge in [-0.1, -0.05) is 12.2 Å². The summed E-state index contributed by atoms with van der Waals surface area (Å²) in [5, 5.41) is 2.81. The third-order valence-electron chi connectivity index (χ3n) is 3.57. The van der Waals surface area contributed by atoms with Crippen molar-refractivity contribution >= 4 is 33.0 Å². The lowest BCUT2D eigenvalue weighted by Crippen LogP contribution is -2.52. The first-order valence-corrected chi connectivity index (χ1v) is 7.75. The topological polar surface area (TPSA) is 89.3 Å². The summed E-state index contributed by atoms with van der Waals surface area (Å²) >= 11 is 4.89. The van der Waals surface area contributed by atoms with Crippen LogP contribution in [0, 0.1) is 5.41 Å². The summed E-state index contributed by atoms with van der Waals surface area (Å²) in [6.45, 7) is 1.76. The van der Waals surface area contributed by atoms with Gasteiger partial charge < -0.3 is 11.1 Å². The van der Waals surface area contributed by atoms with Crippen molar-refractivity contribution in [3.63, 3.8) is 0 Å². The quantitative estimate of drug-likeness (QED) is 0.694. The average Bonchev–Trinajstić information content (AvgIpc) is 2.90. The van der Waals surface area contributed by atoms with E-state index in [1.807, 2.05) is 0 Å². The van der Waals surface area contributed by atoms with Crippen LogP contribution in [0.3, 0.4) is 0 Å². The number of nitrogens with two attached hydrogens (primary N) is 1. The normalized spacial score (nSPS) is 33.0. The first kappa shape index (κ1) is 12.8. The molecule has 1 aliphatic heterocycles. The standard InChI is InChI=1S/C10H16N2O3S2/c1-9(4-5-17(14,15)6-9)12-8(13)10(2-3-10)7(11)16/h2-6H2,1H3,(H2,11,16)(H,12,13). The van der Waals surface area contributed by atoms with Crippen LogP contribution < -0.4 is 11.1 Å². The lowest BCUT2D eigenvalue weighted by atomic mass is 9.98. The fourth-order valence-corrected chi connectivity index (χ4v) is 4.60. The molecule has 0 aromatic rings. The predicted octanol–water partition coefficient (Wildman–Crippen LogP) is -0.254. The van der Waals surface area contributed by atoms with E-state index in [4.69, 9.17) is 18.0 Å². The Hall–Kier alpha value is -0.690. The monoisotopic (exact) mass is 276 g/mol. The highest BCUT2D eigenvalue weighted by Crippen LogP contribution is 2.46. The molecule has 1 saturated carbocycles. The van der Waals surface area contributed by atoms with Crippen molar-refractivity contribution in [2.45, 2.75) is 31.7 Å². The molecule has 0 bridgehead atoms. The van der Waals surface area contributed by atoms with Gasteiger partial charge in [-0.15, -0.1) is 0 Å². The molecule has 1 amide bonds. The zero-order valence-corrected chi connectivity index (χ0v) is 11.3. The fraction of sp³-hybridized carbons (Fsp3) is 0.800. The maximum absolute atomic E-state index is 12.1. The van der Waals surface area contributed by atoms with Crippen LogP contribution in [-0.4, -0.2) is 36.4 Å². The van der Waals surface area contributed by atoms with Gasteiger partial charge in [0.1, 0.15) is 0 Å². The summed E-state index contributed by atoms with van der Waals surface area (Å²) in [6, 6.07) is 0. The maximum atomic E-state index is 12.1. The molecule has 0 aromatic carbocycles. The van der Waals surface area contributed by atoms with Crippen molar-refractivity contribution in [2.75, 3.05) is 11.5 Å². The van der Waals surface area contributed by atoms with Crippen molar-refractivity contribution in [1.82, 2.24) is 5.32 Å². The number of sulfone groups is 1. The lowest BCUT2D eigenvalue weighted by Gasteiger charge is -2.26. The van der Waals surface area contributed by atoms with Crippen molar-refractivity contribution in [1.29, 1.82) is 0 Å². The van der Waals surface area contributed by atoms with Crippen molar-refractivity contribution in [2.24, 2.45) is 11.1 Å². The maximum Gasteiger partial charge on any atom is 0.233 e. The molecule has 2 fully saturated rings. The van der Waals surface area contributed by atoms with Crippen LogP contribution in [-0.2, 0) is 14.6 Å². The van der Waals surface area contributed by atoms with Gasteiger partial charge in [-0.05, 0) is 26.2 Å². The van der Waals surface area contributed by atoms with Crippen molar-refractivity contribution < 1.29 is 13.2 Å². The second-order valence-corrected chi connectivity index (χ2v) is 7.93. The second-order valence-electron chi connectivity index (χ2n) is 5.30. The summed E-state index contributed by atoms with van der Waals surface area (Å²) in [5.41, 5.74) is 4.17. The number of hydrogen-bond acceptors (Lipinski definition) is 4. The molecule has 1 heterocycles. The van der Waals surface area contributed by atoms with Gasteiger partial charge in [0.25, 0.3) is 0 Å². The summed E-state index contributed by atoms with van der Waals surface area (Å²) < 4.78 is 22.9. The van der Waals surface area contributed by atoms with E-state index in [0.29, 0.717) is 19.3 Å². The van der Waals surface area contributed by atoms with E-state index in [1.165, 1.54) is 0 Å². The molecule has 2 rings (SSSR count). The van der Waals surface area contributed by atoms with Crippen LogP contribution >= 0.6 is 12.2 Å². The molecule has 17 heavy (non-hydrogen) atoms. The molecule has 1 saturated heterocycles. The van der Waals surface area contributed by atoms with Gasteiger partial charge in [-0.3, -0.25) is 4.79 Å². The van der Waals surface area contributed by atoms with Gasteiger partial charge in [0, 0.05) is 0 Å². The molecule has 96 valence electrons. The minimum Gasteiger partial charge on any atom is -0.392 e. The molecule has 7 heteroatoms. The average molecular weight is 276 g/mol. The van der Waals surface area contributed by atoms with Crippen LogP contribution in [0.2, 0.25) is 0 Å².